The Morgan fingerprint density at radius 1 is 1.18 bits per heavy atom. The van der Waals surface area contributed by atoms with E-state index in [2.05, 4.69) is 53.0 Å². The molecule has 0 radical (unpaired) electrons. The van der Waals surface area contributed by atoms with Gasteiger partial charge in [0.2, 0.25) is 5.52 Å². The summed E-state index contributed by atoms with van der Waals surface area (Å²) in [5, 5.41) is 20.3. The fraction of sp³-hybridized carbons (Fsp3) is 0.520. The number of nitro groups is 1. The van der Waals surface area contributed by atoms with Crippen molar-refractivity contribution in [3.63, 3.8) is 0 Å². The maximum Gasteiger partial charge on any atom is 0.323 e. The van der Waals surface area contributed by atoms with Crippen molar-refractivity contribution in [1.29, 1.82) is 0 Å². The number of aromatic nitrogens is 2. The van der Waals surface area contributed by atoms with Gasteiger partial charge in [0.15, 0.2) is 5.52 Å². The number of fused-ring (bicyclic) bond motifs is 1. The molecular formula is C25H31N5O4. The average molecular weight is 466 g/mol. The minimum Gasteiger partial charge on any atom is -0.375 e. The zero-order valence-electron chi connectivity index (χ0n) is 19.9. The van der Waals surface area contributed by atoms with Crippen LogP contribution in [0.15, 0.2) is 41.0 Å². The molecule has 9 heteroatoms. The first-order valence-electron chi connectivity index (χ1n) is 12.0. The highest BCUT2D eigenvalue weighted by Gasteiger charge is 2.38. The molecule has 2 saturated heterocycles. The standard InChI is InChI=1S/C25H31N5O4/c1-17(18-9-5-4-6-10-18)29(19-11-14-33-25(2,3)16-19)20-15-21(28-12-7-8-13-28)24(30(31)32)23-22(20)26-34-27-23/h4-6,9-10,15,17,19H,7-8,11-14,16H2,1-3H3. The highest BCUT2D eigenvalue weighted by atomic mass is 16.6. The summed E-state index contributed by atoms with van der Waals surface area (Å²) in [6.45, 7) is 8.63. The highest BCUT2D eigenvalue weighted by molar-refractivity contribution is 6.00. The van der Waals surface area contributed by atoms with Crippen molar-refractivity contribution >= 4 is 28.1 Å². The van der Waals surface area contributed by atoms with E-state index in [1.807, 2.05) is 24.3 Å². The number of ether oxygens (including phenoxy) is 1. The predicted octanol–water partition coefficient (Wildman–Crippen LogP) is 5.26. The van der Waals surface area contributed by atoms with Gasteiger partial charge in [0, 0.05) is 25.7 Å². The van der Waals surface area contributed by atoms with Crippen LogP contribution in [0.4, 0.5) is 17.1 Å². The molecule has 2 fully saturated rings. The van der Waals surface area contributed by atoms with Crippen LogP contribution >= 0.6 is 0 Å². The van der Waals surface area contributed by atoms with Crippen LogP contribution in [-0.2, 0) is 4.74 Å². The third kappa shape index (κ3) is 4.09. The molecule has 0 spiro atoms. The summed E-state index contributed by atoms with van der Waals surface area (Å²) in [6, 6.07) is 12.4. The lowest BCUT2D eigenvalue weighted by molar-refractivity contribution is -0.382. The Labute approximate surface area is 198 Å². The maximum absolute atomic E-state index is 12.2. The number of hydrogen-bond acceptors (Lipinski definition) is 8. The number of hydrogen-bond donors (Lipinski definition) is 0. The first kappa shape index (κ1) is 22.6. The van der Waals surface area contributed by atoms with E-state index in [1.54, 1.807) is 0 Å². The molecule has 0 aliphatic carbocycles. The molecule has 2 aromatic carbocycles. The number of rotatable bonds is 6. The molecule has 9 nitrogen and oxygen atoms in total. The van der Waals surface area contributed by atoms with E-state index in [0.717, 1.165) is 50.0 Å². The second-order valence-corrected chi connectivity index (χ2v) is 9.92. The van der Waals surface area contributed by atoms with Gasteiger partial charge < -0.3 is 14.5 Å². The van der Waals surface area contributed by atoms with E-state index in [0.29, 0.717) is 17.8 Å². The van der Waals surface area contributed by atoms with Gasteiger partial charge in [0.25, 0.3) is 0 Å². The van der Waals surface area contributed by atoms with Gasteiger partial charge in [-0.1, -0.05) is 30.3 Å². The molecule has 3 aromatic rings. The number of nitrogens with zero attached hydrogens (tertiary/aromatic N) is 5. The van der Waals surface area contributed by atoms with Crippen LogP contribution in [-0.4, -0.2) is 46.6 Å². The Morgan fingerprint density at radius 3 is 2.56 bits per heavy atom. The molecule has 34 heavy (non-hydrogen) atoms. The van der Waals surface area contributed by atoms with Gasteiger partial charge in [-0.05, 0) is 68.4 Å². The Hall–Kier alpha value is -3.20. The third-order valence-corrected chi connectivity index (χ3v) is 7.14. The van der Waals surface area contributed by atoms with Crippen molar-refractivity contribution in [2.75, 3.05) is 29.5 Å². The lowest BCUT2D eigenvalue weighted by Gasteiger charge is -2.45. The molecule has 2 unspecified atom stereocenters. The predicted molar refractivity (Wildman–Crippen MR) is 130 cm³/mol. The van der Waals surface area contributed by atoms with Crippen LogP contribution in [0.25, 0.3) is 11.0 Å². The van der Waals surface area contributed by atoms with E-state index < -0.39 is 0 Å². The fourth-order valence-corrected chi connectivity index (χ4v) is 5.53. The molecule has 5 rings (SSSR count). The van der Waals surface area contributed by atoms with Gasteiger partial charge in [0.05, 0.1) is 22.3 Å². The number of anilines is 2. The van der Waals surface area contributed by atoms with Crippen molar-refractivity contribution in [3.05, 3.63) is 52.1 Å². The molecule has 2 aliphatic heterocycles. The monoisotopic (exact) mass is 465 g/mol. The van der Waals surface area contributed by atoms with Crippen LogP contribution < -0.4 is 9.80 Å². The largest absolute Gasteiger partial charge is 0.375 e. The van der Waals surface area contributed by atoms with Crippen LogP contribution in [0.2, 0.25) is 0 Å². The fourth-order valence-electron chi connectivity index (χ4n) is 5.53. The van der Waals surface area contributed by atoms with Gasteiger partial charge >= 0.3 is 5.69 Å². The van der Waals surface area contributed by atoms with Crippen molar-refractivity contribution in [1.82, 2.24) is 10.3 Å². The number of nitro benzene ring substituents is 1. The minimum absolute atomic E-state index is 0.00730. The summed E-state index contributed by atoms with van der Waals surface area (Å²) in [7, 11) is 0. The molecule has 0 bridgehead atoms. The van der Waals surface area contributed by atoms with Gasteiger partial charge in [-0.25, -0.2) is 4.63 Å². The Kier molecular flexibility index (Phi) is 5.89. The van der Waals surface area contributed by atoms with Crippen LogP contribution in [0.1, 0.15) is 58.1 Å². The summed E-state index contributed by atoms with van der Waals surface area (Å²) in [5.74, 6) is 0. The zero-order chi connectivity index (χ0) is 23.9. The summed E-state index contributed by atoms with van der Waals surface area (Å²) in [6.07, 6.45) is 3.70. The summed E-state index contributed by atoms with van der Waals surface area (Å²) < 4.78 is 11.1. The van der Waals surface area contributed by atoms with E-state index in [9.17, 15) is 10.1 Å². The van der Waals surface area contributed by atoms with Crippen molar-refractivity contribution < 1.29 is 14.3 Å². The van der Waals surface area contributed by atoms with Gasteiger partial charge in [-0.15, -0.1) is 0 Å². The maximum atomic E-state index is 12.2. The smallest absolute Gasteiger partial charge is 0.323 e. The first-order valence-corrected chi connectivity index (χ1v) is 12.0. The van der Waals surface area contributed by atoms with Gasteiger partial charge in [-0.2, -0.15) is 0 Å². The Bertz CT molecular complexity index is 1170. The highest BCUT2D eigenvalue weighted by Crippen LogP contribution is 2.45. The first-order chi connectivity index (χ1) is 16.4. The molecule has 2 aliphatic rings. The minimum atomic E-state index is -0.355. The SMILES string of the molecule is CC(c1ccccc1)N(c1cc(N2CCCC2)c([N+](=O)[O-])c2nonc12)C1CCOC(C)(C)C1. The van der Waals surface area contributed by atoms with Gasteiger partial charge in [-0.3, -0.25) is 10.1 Å². The Balaban J connectivity index is 1.71. The van der Waals surface area contributed by atoms with Crippen molar-refractivity contribution in [3.8, 4) is 0 Å². The second-order valence-electron chi connectivity index (χ2n) is 9.92. The van der Waals surface area contributed by atoms with E-state index in [4.69, 9.17) is 9.37 Å². The lowest BCUT2D eigenvalue weighted by atomic mass is 9.90. The van der Waals surface area contributed by atoms with E-state index in [-0.39, 0.29) is 33.8 Å². The summed E-state index contributed by atoms with van der Waals surface area (Å²) >= 11 is 0. The van der Waals surface area contributed by atoms with Crippen LogP contribution in [0.3, 0.4) is 0 Å². The van der Waals surface area contributed by atoms with E-state index in [1.165, 1.54) is 0 Å². The quantitative estimate of drug-likeness (QED) is 0.359. The average Bonchev–Trinajstić information content (AvgIpc) is 3.51. The summed E-state index contributed by atoms with van der Waals surface area (Å²) in [5.41, 5.74) is 2.93. The lowest BCUT2D eigenvalue weighted by Crippen LogP contribution is -2.47. The molecule has 3 heterocycles. The topological polar surface area (TPSA) is 97.8 Å². The van der Waals surface area contributed by atoms with E-state index >= 15 is 0 Å². The molecule has 0 N–H and O–H groups in total. The third-order valence-electron chi connectivity index (χ3n) is 7.14. The van der Waals surface area contributed by atoms with Crippen LogP contribution in [0, 0.1) is 10.1 Å². The molecule has 0 amide bonds. The Morgan fingerprint density at radius 2 is 1.88 bits per heavy atom. The second kappa shape index (κ2) is 8.87. The van der Waals surface area contributed by atoms with Crippen molar-refractivity contribution in [2.24, 2.45) is 0 Å². The molecule has 2 atom stereocenters. The van der Waals surface area contributed by atoms with Gasteiger partial charge in [0.1, 0.15) is 5.69 Å². The molecule has 180 valence electrons. The number of benzene rings is 2. The zero-order valence-corrected chi connectivity index (χ0v) is 19.9. The molecule has 1 aromatic heterocycles. The molecule has 0 saturated carbocycles. The molecular weight excluding hydrogens is 434 g/mol. The van der Waals surface area contributed by atoms with Crippen LogP contribution in [0.5, 0.6) is 0 Å². The normalized spacial score (nSPS) is 21.0. The van der Waals surface area contributed by atoms with Crippen molar-refractivity contribution in [2.45, 2.75) is 64.1 Å². The summed E-state index contributed by atoms with van der Waals surface area (Å²) in [4.78, 5) is 16.2.